The van der Waals surface area contributed by atoms with Crippen molar-refractivity contribution in [1.29, 1.82) is 0 Å². The molecule has 4 rings (SSSR count). The van der Waals surface area contributed by atoms with E-state index >= 15 is 0 Å². The van der Waals surface area contributed by atoms with E-state index in [1.807, 2.05) is 42.5 Å². The number of aromatic nitrogens is 2. The van der Waals surface area contributed by atoms with Crippen molar-refractivity contribution in [2.24, 2.45) is 0 Å². The molecule has 4 aromatic rings. The molecule has 0 N–H and O–H groups in total. The summed E-state index contributed by atoms with van der Waals surface area (Å²) in [6.45, 7) is 0. The summed E-state index contributed by atoms with van der Waals surface area (Å²) in [6, 6.07) is 20.3. The second-order valence-electron chi connectivity index (χ2n) is 6.34. The first kappa shape index (κ1) is 18.6. The zero-order chi connectivity index (χ0) is 20.4. The molecule has 0 bridgehead atoms. The topological polar surface area (TPSA) is 62.6 Å². The second-order valence-corrected chi connectivity index (χ2v) is 6.34. The van der Waals surface area contributed by atoms with Crippen LogP contribution in [0.2, 0.25) is 0 Å². The van der Waals surface area contributed by atoms with Gasteiger partial charge in [-0.25, -0.2) is 4.98 Å². The maximum Gasteiger partial charge on any atom is 0.264 e. The third-order valence-electron chi connectivity index (χ3n) is 4.71. The summed E-state index contributed by atoms with van der Waals surface area (Å²) in [5.74, 6) is 1.80. The summed E-state index contributed by atoms with van der Waals surface area (Å²) >= 11 is 0. The fraction of sp³-hybridized carbons (Fsp3) is 0.130. The molecule has 0 aliphatic heterocycles. The molecular formula is C23H20N2O4. The molecule has 1 heterocycles. The third-order valence-corrected chi connectivity index (χ3v) is 4.71. The van der Waals surface area contributed by atoms with Crippen LogP contribution in [0.5, 0.6) is 17.2 Å². The Morgan fingerprint density at radius 3 is 2.07 bits per heavy atom. The fourth-order valence-electron chi connectivity index (χ4n) is 3.35. The third kappa shape index (κ3) is 3.18. The summed E-state index contributed by atoms with van der Waals surface area (Å²) in [5.41, 5.74) is 2.70. The second kappa shape index (κ2) is 7.67. The Balaban J connectivity index is 1.99. The zero-order valence-electron chi connectivity index (χ0n) is 16.4. The van der Waals surface area contributed by atoms with Crippen LogP contribution in [0, 0.1) is 0 Å². The molecule has 3 aromatic carbocycles. The number of ether oxygens (including phenoxy) is 3. The molecule has 0 aliphatic carbocycles. The van der Waals surface area contributed by atoms with Crippen molar-refractivity contribution in [3.63, 3.8) is 0 Å². The zero-order valence-corrected chi connectivity index (χ0v) is 16.4. The molecule has 6 heteroatoms. The van der Waals surface area contributed by atoms with Crippen LogP contribution < -0.4 is 14.2 Å². The maximum absolute atomic E-state index is 13.4. The average molecular weight is 388 g/mol. The van der Waals surface area contributed by atoms with E-state index < -0.39 is 0 Å². The van der Waals surface area contributed by atoms with Gasteiger partial charge in [0.25, 0.3) is 5.91 Å². The number of carbonyl (C=O) groups excluding carboxylic acids is 1. The van der Waals surface area contributed by atoms with Crippen molar-refractivity contribution in [3.8, 4) is 28.6 Å². The van der Waals surface area contributed by atoms with Crippen LogP contribution >= 0.6 is 0 Å². The van der Waals surface area contributed by atoms with Crippen LogP contribution in [0.15, 0.2) is 66.7 Å². The first-order chi connectivity index (χ1) is 14.2. The van der Waals surface area contributed by atoms with Crippen LogP contribution in [0.4, 0.5) is 0 Å². The lowest BCUT2D eigenvalue weighted by Crippen LogP contribution is -2.13. The van der Waals surface area contributed by atoms with Crippen LogP contribution in [0.25, 0.3) is 22.4 Å². The van der Waals surface area contributed by atoms with Gasteiger partial charge in [0.2, 0.25) is 5.75 Å². The number of nitrogens with zero attached hydrogens (tertiary/aromatic N) is 2. The van der Waals surface area contributed by atoms with Gasteiger partial charge in [0, 0.05) is 11.1 Å². The van der Waals surface area contributed by atoms with E-state index in [0.717, 1.165) is 11.0 Å². The number of para-hydroxylation sites is 2. The normalized spacial score (nSPS) is 10.7. The molecule has 0 spiro atoms. The van der Waals surface area contributed by atoms with Crippen LogP contribution in [0.3, 0.4) is 0 Å². The van der Waals surface area contributed by atoms with Gasteiger partial charge in [-0.1, -0.05) is 30.3 Å². The minimum absolute atomic E-state index is 0.164. The lowest BCUT2D eigenvalue weighted by Gasteiger charge is -2.14. The van der Waals surface area contributed by atoms with Crippen molar-refractivity contribution in [2.45, 2.75) is 0 Å². The van der Waals surface area contributed by atoms with Gasteiger partial charge in [0.05, 0.1) is 32.4 Å². The van der Waals surface area contributed by atoms with Gasteiger partial charge < -0.3 is 14.2 Å². The molecule has 0 saturated carbocycles. The summed E-state index contributed by atoms with van der Waals surface area (Å²) in [6.07, 6.45) is 0. The number of imidazole rings is 1. The Bertz CT molecular complexity index is 1160. The lowest BCUT2D eigenvalue weighted by atomic mass is 10.1. The minimum atomic E-state index is -0.164. The van der Waals surface area contributed by atoms with Crippen molar-refractivity contribution in [1.82, 2.24) is 9.55 Å². The summed E-state index contributed by atoms with van der Waals surface area (Å²) in [4.78, 5) is 18.1. The Labute approximate surface area is 168 Å². The van der Waals surface area contributed by atoms with Gasteiger partial charge in [0.1, 0.15) is 5.82 Å². The Morgan fingerprint density at radius 1 is 0.828 bits per heavy atom. The van der Waals surface area contributed by atoms with E-state index in [0.29, 0.717) is 34.2 Å². The highest BCUT2D eigenvalue weighted by molar-refractivity contribution is 6.04. The Kier molecular flexibility index (Phi) is 4.91. The molecule has 0 saturated heterocycles. The fourth-order valence-corrected chi connectivity index (χ4v) is 3.35. The van der Waals surface area contributed by atoms with E-state index in [-0.39, 0.29) is 5.91 Å². The number of hydrogen-bond acceptors (Lipinski definition) is 5. The predicted molar refractivity (Wildman–Crippen MR) is 111 cm³/mol. The summed E-state index contributed by atoms with van der Waals surface area (Å²) < 4.78 is 18.0. The van der Waals surface area contributed by atoms with E-state index in [9.17, 15) is 4.79 Å². The minimum Gasteiger partial charge on any atom is -0.493 e. The Morgan fingerprint density at radius 2 is 1.45 bits per heavy atom. The summed E-state index contributed by atoms with van der Waals surface area (Å²) in [7, 11) is 4.66. The van der Waals surface area contributed by atoms with Gasteiger partial charge in [-0.2, -0.15) is 0 Å². The smallest absolute Gasteiger partial charge is 0.264 e. The average Bonchev–Trinajstić information content (AvgIpc) is 3.17. The molecule has 0 unspecified atom stereocenters. The number of carbonyl (C=O) groups is 1. The van der Waals surface area contributed by atoms with Crippen molar-refractivity contribution in [2.75, 3.05) is 21.3 Å². The van der Waals surface area contributed by atoms with Crippen LogP contribution in [-0.4, -0.2) is 36.8 Å². The van der Waals surface area contributed by atoms with Gasteiger partial charge in [-0.3, -0.25) is 9.36 Å². The van der Waals surface area contributed by atoms with E-state index in [1.165, 1.54) is 0 Å². The number of methoxy groups -OCH3 is 3. The van der Waals surface area contributed by atoms with E-state index in [4.69, 9.17) is 19.2 Å². The molecule has 0 atom stereocenters. The van der Waals surface area contributed by atoms with Crippen molar-refractivity contribution >= 4 is 16.9 Å². The maximum atomic E-state index is 13.4. The van der Waals surface area contributed by atoms with Gasteiger partial charge in [-0.05, 0) is 36.4 Å². The predicted octanol–water partition coefficient (Wildman–Crippen LogP) is 4.42. The highest BCUT2D eigenvalue weighted by Crippen LogP contribution is 2.41. The Hall–Kier alpha value is -3.80. The number of rotatable bonds is 5. The lowest BCUT2D eigenvalue weighted by molar-refractivity contribution is 0.0966. The quantitative estimate of drug-likeness (QED) is 0.507. The molecule has 29 heavy (non-hydrogen) atoms. The number of benzene rings is 3. The monoisotopic (exact) mass is 388 g/mol. The highest BCUT2D eigenvalue weighted by Gasteiger charge is 2.22. The largest absolute Gasteiger partial charge is 0.493 e. The van der Waals surface area contributed by atoms with Crippen molar-refractivity contribution < 1.29 is 19.0 Å². The van der Waals surface area contributed by atoms with E-state index in [2.05, 4.69) is 0 Å². The number of fused-ring (bicyclic) bond motifs is 1. The molecule has 146 valence electrons. The SMILES string of the molecule is COc1cc(-c2nc3ccccc3n2C(=O)c2ccccc2)cc(OC)c1OC. The van der Waals surface area contributed by atoms with Gasteiger partial charge >= 0.3 is 0 Å². The molecule has 0 aliphatic rings. The first-order valence-electron chi connectivity index (χ1n) is 9.05. The number of hydrogen-bond donors (Lipinski definition) is 0. The molecule has 0 fully saturated rings. The van der Waals surface area contributed by atoms with Crippen molar-refractivity contribution in [3.05, 3.63) is 72.3 Å². The first-order valence-corrected chi connectivity index (χ1v) is 9.05. The van der Waals surface area contributed by atoms with Gasteiger partial charge in [-0.15, -0.1) is 0 Å². The van der Waals surface area contributed by atoms with Crippen LogP contribution in [-0.2, 0) is 0 Å². The van der Waals surface area contributed by atoms with Gasteiger partial charge in [0.15, 0.2) is 11.5 Å². The summed E-state index contributed by atoms with van der Waals surface area (Å²) in [5, 5.41) is 0. The molecule has 6 nitrogen and oxygen atoms in total. The molecule has 1 aromatic heterocycles. The standard InChI is InChI=1S/C23H20N2O4/c1-27-19-13-16(14-20(28-2)21(19)29-3)22-24-17-11-7-8-12-18(17)25(22)23(26)15-9-5-4-6-10-15/h4-14H,1-3H3. The molecule has 0 radical (unpaired) electrons. The van der Waals surface area contributed by atoms with Crippen LogP contribution in [0.1, 0.15) is 10.4 Å². The van der Waals surface area contributed by atoms with E-state index in [1.54, 1.807) is 50.2 Å². The highest BCUT2D eigenvalue weighted by atomic mass is 16.5. The molecular weight excluding hydrogens is 368 g/mol. The molecule has 0 amide bonds.